The van der Waals surface area contributed by atoms with Gasteiger partial charge in [-0.1, -0.05) is 55.8 Å². The number of carbonyl (C=O) groups excluding carboxylic acids is 1. The normalized spacial score (nSPS) is 10.3. The van der Waals surface area contributed by atoms with Crippen molar-refractivity contribution in [2.24, 2.45) is 0 Å². The molecule has 0 radical (unpaired) electrons. The van der Waals surface area contributed by atoms with Crippen molar-refractivity contribution in [3.8, 4) is 0 Å². The molecule has 0 aromatic heterocycles. The number of halogens is 1. The van der Waals surface area contributed by atoms with Crippen LogP contribution in [-0.4, -0.2) is 6.03 Å². The second kappa shape index (κ2) is 9.28. The Morgan fingerprint density at radius 1 is 1.08 bits per heavy atom. The summed E-state index contributed by atoms with van der Waals surface area (Å²) >= 11 is 5.84. The molecule has 2 amide bonds. The number of urea groups is 1. The topological polar surface area (TPSA) is 41.1 Å². The van der Waals surface area contributed by atoms with Crippen molar-refractivity contribution >= 4 is 28.9 Å². The summed E-state index contributed by atoms with van der Waals surface area (Å²) in [7, 11) is 0. The zero-order valence-corrected chi connectivity index (χ0v) is 16.4. The number of hydrogen-bond acceptors (Lipinski definition) is 1. The maximum absolute atomic E-state index is 12.2. The Hall–Kier alpha value is -2.26. The first-order valence-corrected chi connectivity index (χ1v) is 8.77. The van der Waals surface area contributed by atoms with Crippen LogP contribution in [0.4, 0.5) is 10.5 Å². The van der Waals surface area contributed by atoms with Crippen LogP contribution in [0.25, 0.3) is 5.57 Å². The fourth-order valence-electron chi connectivity index (χ4n) is 2.22. The van der Waals surface area contributed by atoms with Crippen LogP contribution >= 0.6 is 11.6 Å². The lowest BCUT2D eigenvalue weighted by atomic mass is 9.92. The molecule has 25 heavy (non-hydrogen) atoms. The van der Waals surface area contributed by atoms with E-state index in [-0.39, 0.29) is 6.03 Å². The summed E-state index contributed by atoms with van der Waals surface area (Å²) in [6.07, 6.45) is 0. The van der Waals surface area contributed by atoms with Crippen molar-refractivity contribution < 1.29 is 4.79 Å². The van der Waals surface area contributed by atoms with E-state index in [0.29, 0.717) is 10.7 Å². The van der Waals surface area contributed by atoms with Crippen LogP contribution in [-0.2, 0) is 5.54 Å². The number of allylic oxidation sites excluding steroid dienone is 1. The monoisotopic (exact) mass is 358 g/mol. The van der Waals surface area contributed by atoms with Crippen LogP contribution in [0.3, 0.4) is 0 Å². The van der Waals surface area contributed by atoms with Crippen LogP contribution in [0, 0.1) is 0 Å². The minimum absolute atomic E-state index is 0.266. The molecular weight excluding hydrogens is 332 g/mol. The highest BCUT2D eigenvalue weighted by molar-refractivity contribution is 6.30. The quantitative estimate of drug-likeness (QED) is 0.647. The van der Waals surface area contributed by atoms with Gasteiger partial charge in [-0.05, 0) is 62.2 Å². The summed E-state index contributed by atoms with van der Waals surface area (Å²) < 4.78 is 0. The third-order valence-electron chi connectivity index (χ3n) is 3.61. The Balaban J connectivity index is 0.00000151. The van der Waals surface area contributed by atoms with Gasteiger partial charge < -0.3 is 10.6 Å². The van der Waals surface area contributed by atoms with Crippen LogP contribution in [0.1, 0.15) is 45.7 Å². The summed E-state index contributed by atoms with van der Waals surface area (Å²) in [6.45, 7) is 13.9. The highest BCUT2D eigenvalue weighted by atomic mass is 35.5. The van der Waals surface area contributed by atoms with Gasteiger partial charge in [0.15, 0.2) is 0 Å². The van der Waals surface area contributed by atoms with E-state index in [9.17, 15) is 4.79 Å². The Kier molecular flexibility index (Phi) is 7.72. The zero-order chi connectivity index (χ0) is 19.0. The van der Waals surface area contributed by atoms with Gasteiger partial charge in [-0.25, -0.2) is 4.79 Å². The van der Waals surface area contributed by atoms with E-state index >= 15 is 0 Å². The average Bonchev–Trinajstić information content (AvgIpc) is 2.58. The minimum atomic E-state index is -0.512. The smallest absolute Gasteiger partial charge is 0.319 e. The molecule has 0 heterocycles. The molecule has 2 rings (SSSR count). The van der Waals surface area contributed by atoms with Crippen molar-refractivity contribution in [1.82, 2.24) is 5.32 Å². The highest BCUT2D eigenvalue weighted by Crippen LogP contribution is 2.24. The van der Waals surface area contributed by atoms with Crippen LogP contribution in [0.5, 0.6) is 0 Å². The number of benzene rings is 2. The predicted molar refractivity (Wildman–Crippen MR) is 109 cm³/mol. The molecule has 0 bridgehead atoms. The third kappa shape index (κ3) is 6.28. The molecule has 0 spiro atoms. The fourth-order valence-corrected chi connectivity index (χ4v) is 2.35. The van der Waals surface area contributed by atoms with E-state index in [1.54, 1.807) is 24.3 Å². The summed E-state index contributed by atoms with van der Waals surface area (Å²) in [5.41, 5.74) is 3.26. The van der Waals surface area contributed by atoms with Gasteiger partial charge in [-0.3, -0.25) is 0 Å². The molecular formula is C21H27ClN2O. The van der Waals surface area contributed by atoms with E-state index in [1.807, 2.05) is 58.9 Å². The molecule has 134 valence electrons. The number of nitrogens with one attached hydrogen (secondary N) is 2. The van der Waals surface area contributed by atoms with E-state index in [1.165, 1.54) is 0 Å². The third-order valence-corrected chi connectivity index (χ3v) is 3.86. The molecule has 4 heteroatoms. The van der Waals surface area contributed by atoms with Crippen molar-refractivity contribution in [3.63, 3.8) is 0 Å². The molecule has 3 nitrogen and oxygen atoms in total. The summed E-state index contributed by atoms with van der Waals surface area (Å²) in [5, 5.41) is 6.43. The maximum atomic E-state index is 12.2. The summed E-state index contributed by atoms with van der Waals surface area (Å²) in [5.74, 6) is 0. The first-order chi connectivity index (χ1) is 11.8. The highest BCUT2D eigenvalue weighted by Gasteiger charge is 2.23. The van der Waals surface area contributed by atoms with Crippen LogP contribution < -0.4 is 10.6 Å². The van der Waals surface area contributed by atoms with Gasteiger partial charge in [0.05, 0.1) is 5.54 Å². The molecule has 2 aromatic rings. The molecule has 2 N–H and O–H groups in total. The average molecular weight is 359 g/mol. The summed E-state index contributed by atoms with van der Waals surface area (Å²) in [6, 6.07) is 14.7. The van der Waals surface area contributed by atoms with Crippen LogP contribution in [0.2, 0.25) is 5.02 Å². The van der Waals surface area contributed by atoms with E-state index in [4.69, 9.17) is 11.6 Å². The van der Waals surface area contributed by atoms with Crippen molar-refractivity contribution in [1.29, 1.82) is 0 Å². The van der Waals surface area contributed by atoms with Gasteiger partial charge in [0.2, 0.25) is 0 Å². The molecule has 0 fully saturated rings. The number of anilines is 1. The van der Waals surface area contributed by atoms with Crippen molar-refractivity contribution in [2.75, 3.05) is 5.32 Å². The zero-order valence-electron chi connectivity index (χ0n) is 15.6. The number of amides is 2. The number of carbonyl (C=O) groups is 1. The van der Waals surface area contributed by atoms with Gasteiger partial charge in [0.25, 0.3) is 0 Å². The van der Waals surface area contributed by atoms with E-state index in [0.717, 1.165) is 16.7 Å². The lowest BCUT2D eigenvalue weighted by Gasteiger charge is -2.27. The Morgan fingerprint density at radius 3 is 2.24 bits per heavy atom. The molecule has 0 aliphatic carbocycles. The fraction of sp³-hybridized carbons (Fsp3) is 0.286. The van der Waals surface area contributed by atoms with Gasteiger partial charge in [0.1, 0.15) is 0 Å². The molecule has 0 aliphatic rings. The van der Waals surface area contributed by atoms with Crippen molar-refractivity contribution in [3.05, 3.63) is 71.3 Å². The lowest BCUT2D eigenvalue weighted by molar-refractivity contribution is 0.242. The van der Waals surface area contributed by atoms with Crippen LogP contribution in [0.15, 0.2) is 55.1 Å². The second-order valence-electron chi connectivity index (χ2n) is 6.07. The molecule has 0 saturated carbocycles. The predicted octanol–water partition coefficient (Wildman–Crippen LogP) is 6.46. The maximum Gasteiger partial charge on any atom is 0.319 e. The van der Waals surface area contributed by atoms with Gasteiger partial charge in [-0.2, -0.15) is 0 Å². The Labute approximate surface area is 156 Å². The first-order valence-electron chi connectivity index (χ1n) is 8.39. The van der Waals surface area contributed by atoms with Gasteiger partial charge in [0, 0.05) is 10.7 Å². The Morgan fingerprint density at radius 2 is 1.68 bits per heavy atom. The molecule has 0 saturated heterocycles. The van der Waals surface area contributed by atoms with Gasteiger partial charge in [-0.15, -0.1) is 0 Å². The largest absolute Gasteiger partial charge is 0.329 e. The van der Waals surface area contributed by atoms with E-state index in [2.05, 4.69) is 17.2 Å². The Bertz CT molecular complexity index is 721. The molecule has 0 atom stereocenters. The molecule has 0 aliphatic heterocycles. The molecule has 0 unspecified atom stereocenters. The number of hydrogen-bond donors (Lipinski definition) is 2. The summed E-state index contributed by atoms with van der Waals surface area (Å²) in [4.78, 5) is 12.2. The van der Waals surface area contributed by atoms with E-state index < -0.39 is 5.54 Å². The molecule has 2 aromatic carbocycles. The minimum Gasteiger partial charge on any atom is -0.329 e. The lowest BCUT2D eigenvalue weighted by Crippen LogP contribution is -2.43. The van der Waals surface area contributed by atoms with Crippen molar-refractivity contribution in [2.45, 2.75) is 40.2 Å². The number of rotatable bonds is 4. The second-order valence-corrected chi connectivity index (χ2v) is 6.51. The standard InChI is InChI=1S/C19H21ClN2O.C2H6/c1-13(2)14-6-5-7-15(12-14)19(3,4)22-18(23)21-17-10-8-16(20)9-11-17;1-2/h5-12H,1H2,2-4H3,(H2,21,22,23);1-2H3. The SMILES string of the molecule is C=C(C)c1cccc(C(C)(C)NC(=O)Nc2ccc(Cl)cc2)c1.CC. The van der Waals surface area contributed by atoms with Gasteiger partial charge >= 0.3 is 6.03 Å². The first kappa shape index (κ1) is 20.8.